The number of piperazine rings is 1. The van der Waals surface area contributed by atoms with E-state index in [1.165, 1.54) is 6.08 Å². The highest BCUT2D eigenvalue weighted by atomic mass is 16.5. The summed E-state index contributed by atoms with van der Waals surface area (Å²) in [7, 11) is 0. The lowest BCUT2D eigenvalue weighted by Gasteiger charge is -2.36. The van der Waals surface area contributed by atoms with Crippen molar-refractivity contribution in [3.63, 3.8) is 0 Å². The molecule has 4 rings (SSSR count). The van der Waals surface area contributed by atoms with Crippen molar-refractivity contribution in [2.24, 2.45) is 0 Å². The van der Waals surface area contributed by atoms with Crippen molar-refractivity contribution in [3.8, 4) is 5.75 Å². The summed E-state index contributed by atoms with van der Waals surface area (Å²) in [6.45, 7) is 3.79. The van der Waals surface area contributed by atoms with Crippen molar-refractivity contribution < 1.29 is 28.7 Å². The Morgan fingerprint density at radius 1 is 1.09 bits per heavy atom. The highest BCUT2D eigenvalue weighted by Crippen LogP contribution is 2.25. The third-order valence-electron chi connectivity index (χ3n) is 5.78. The Morgan fingerprint density at radius 3 is 2.50 bits per heavy atom. The summed E-state index contributed by atoms with van der Waals surface area (Å²) in [4.78, 5) is 66.2. The molecule has 0 saturated carbocycles. The van der Waals surface area contributed by atoms with Crippen LogP contribution in [-0.2, 0) is 19.2 Å². The van der Waals surface area contributed by atoms with Crippen molar-refractivity contribution in [1.82, 2.24) is 20.0 Å². The van der Waals surface area contributed by atoms with E-state index in [1.54, 1.807) is 28.0 Å². The molecule has 0 bridgehead atoms. The largest absolute Gasteiger partial charge is 0.493 e. The predicted molar refractivity (Wildman–Crippen MR) is 111 cm³/mol. The molecular weight excluding hydrogens is 416 g/mol. The second-order valence-corrected chi connectivity index (χ2v) is 7.72. The standard InChI is InChI=1S/C22H24N4O6/c1-2-32-17-6-4-3-5-14(17)21(30)25-11-9-24(10-12-25)16-13-19(28)26(22(16)31)15-7-8-18(27)23-20(15)29/h3-6,13,15H,2,7-12H2,1H3,(H,23,27,29). The highest BCUT2D eigenvalue weighted by Gasteiger charge is 2.44. The van der Waals surface area contributed by atoms with E-state index in [2.05, 4.69) is 5.32 Å². The van der Waals surface area contributed by atoms with Crippen LogP contribution in [0.1, 0.15) is 30.1 Å². The number of carbonyl (C=O) groups is 5. The summed E-state index contributed by atoms with van der Waals surface area (Å²) in [6, 6.07) is 6.08. The highest BCUT2D eigenvalue weighted by molar-refractivity contribution is 6.18. The quantitative estimate of drug-likeness (QED) is 0.636. The van der Waals surface area contributed by atoms with E-state index >= 15 is 0 Å². The predicted octanol–water partition coefficient (Wildman–Crippen LogP) is -0.0990. The molecule has 10 nitrogen and oxygen atoms in total. The van der Waals surface area contributed by atoms with Gasteiger partial charge in [0.05, 0.1) is 12.2 Å². The summed E-state index contributed by atoms with van der Waals surface area (Å²) >= 11 is 0. The number of para-hydroxylation sites is 1. The minimum atomic E-state index is -0.987. The maximum absolute atomic E-state index is 13.0. The van der Waals surface area contributed by atoms with Gasteiger partial charge in [0, 0.05) is 38.7 Å². The number of nitrogens with zero attached hydrogens (tertiary/aromatic N) is 3. The first-order chi connectivity index (χ1) is 15.4. The van der Waals surface area contributed by atoms with E-state index in [4.69, 9.17) is 4.74 Å². The minimum absolute atomic E-state index is 0.0762. The van der Waals surface area contributed by atoms with Gasteiger partial charge in [0.2, 0.25) is 11.8 Å². The number of ether oxygens (including phenoxy) is 1. The fourth-order valence-corrected chi connectivity index (χ4v) is 4.17. The number of rotatable bonds is 5. The van der Waals surface area contributed by atoms with E-state index in [0.29, 0.717) is 44.1 Å². The van der Waals surface area contributed by atoms with Crippen LogP contribution in [0.2, 0.25) is 0 Å². The number of hydrogen-bond acceptors (Lipinski definition) is 7. The number of amides is 5. The van der Waals surface area contributed by atoms with Gasteiger partial charge in [-0.2, -0.15) is 0 Å². The second kappa shape index (κ2) is 8.81. The number of hydrogen-bond donors (Lipinski definition) is 1. The first-order valence-electron chi connectivity index (χ1n) is 10.6. The van der Waals surface area contributed by atoms with Crippen LogP contribution in [0.15, 0.2) is 36.0 Å². The molecule has 3 aliphatic rings. The van der Waals surface area contributed by atoms with E-state index < -0.39 is 29.7 Å². The van der Waals surface area contributed by atoms with Gasteiger partial charge in [-0.15, -0.1) is 0 Å². The van der Waals surface area contributed by atoms with Crippen LogP contribution in [0.4, 0.5) is 0 Å². The SMILES string of the molecule is CCOc1ccccc1C(=O)N1CCN(C2=CC(=O)N(C3CCC(=O)NC3=O)C2=O)CC1. The first-order valence-corrected chi connectivity index (χ1v) is 10.6. The van der Waals surface area contributed by atoms with Gasteiger partial charge in [-0.05, 0) is 25.5 Å². The Balaban J connectivity index is 1.40. The molecular formula is C22H24N4O6. The van der Waals surface area contributed by atoms with Gasteiger partial charge in [-0.25, -0.2) is 0 Å². The Kier molecular flexibility index (Phi) is 5.93. The topological polar surface area (TPSA) is 116 Å². The number of piperidine rings is 1. The monoisotopic (exact) mass is 440 g/mol. The Hall–Kier alpha value is -3.69. The Bertz CT molecular complexity index is 1010. The van der Waals surface area contributed by atoms with E-state index in [1.807, 2.05) is 13.0 Å². The van der Waals surface area contributed by atoms with Crippen LogP contribution in [0.25, 0.3) is 0 Å². The zero-order chi connectivity index (χ0) is 22.8. The number of imide groups is 2. The van der Waals surface area contributed by atoms with Crippen LogP contribution < -0.4 is 10.1 Å². The average Bonchev–Trinajstić information content (AvgIpc) is 3.08. The van der Waals surface area contributed by atoms with Crippen LogP contribution in [0.5, 0.6) is 5.75 Å². The molecule has 2 fully saturated rings. The normalized spacial score (nSPS) is 21.6. The smallest absolute Gasteiger partial charge is 0.277 e. The Labute approximate surface area is 184 Å². The molecule has 1 unspecified atom stereocenters. The molecule has 1 aromatic carbocycles. The van der Waals surface area contributed by atoms with Gasteiger partial charge in [-0.3, -0.25) is 34.2 Å². The zero-order valence-electron chi connectivity index (χ0n) is 17.7. The van der Waals surface area contributed by atoms with Crippen molar-refractivity contribution in [1.29, 1.82) is 0 Å². The van der Waals surface area contributed by atoms with E-state index in [9.17, 15) is 24.0 Å². The van der Waals surface area contributed by atoms with Crippen LogP contribution in [-0.4, -0.2) is 83.1 Å². The second-order valence-electron chi connectivity index (χ2n) is 7.72. The van der Waals surface area contributed by atoms with E-state index in [0.717, 1.165) is 4.90 Å². The summed E-state index contributed by atoms with van der Waals surface area (Å²) in [6.07, 6.45) is 1.42. The molecule has 5 amide bonds. The van der Waals surface area contributed by atoms with Gasteiger partial charge in [-0.1, -0.05) is 12.1 Å². The molecule has 0 aliphatic carbocycles. The molecule has 2 saturated heterocycles. The Morgan fingerprint density at radius 2 is 1.81 bits per heavy atom. The van der Waals surface area contributed by atoms with Crippen molar-refractivity contribution in [3.05, 3.63) is 41.6 Å². The molecule has 0 radical (unpaired) electrons. The van der Waals surface area contributed by atoms with Gasteiger partial charge in [0.25, 0.3) is 17.7 Å². The zero-order valence-corrected chi connectivity index (χ0v) is 17.7. The summed E-state index contributed by atoms with van der Waals surface area (Å²) in [5.41, 5.74) is 0.694. The molecule has 32 heavy (non-hydrogen) atoms. The fourth-order valence-electron chi connectivity index (χ4n) is 4.17. The number of nitrogens with one attached hydrogen (secondary N) is 1. The molecule has 168 valence electrons. The lowest BCUT2D eigenvalue weighted by Crippen LogP contribution is -2.55. The summed E-state index contributed by atoms with van der Waals surface area (Å²) < 4.78 is 5.55. The van der Waals surface area contributed by atoms with Gasteiger partial charge >= 0.3 is 0 Å². The molecule has 0 aromatic heterocycles. The third kappa shape index (κ3) is 3.95. The van der Waals surface area contributed by atoms with Gasteiger partial charge in [0.15, 0.2) is 0 Å². The molecule has 1 aromatic rings. The molecule has 3 heterocycles. The summed E-state index contributed by atoms with van der Waals surface area (Å²) in [5, 5.41) is 2.17. The van der Waals surface area contributed by atoms with Crippen molar-refractivity contribution >= 4 is 29.5 Å². The first kappa shape index (κ1) is 21.5. The van der Waals surface area contributed by atoms with Crippen molar-refractivity contribution in [2.45, 2.75) is 25.8 Å². The summed E-state index contributed by atoms with van der Waals surface area (Å²) in [5.74, 6) is -1.79. The molecule has 1 atom stereocenters. The van der Waals surface area contributed by atoms with Gasteiger partial charge in [0.1, 0.15) is 17.5 Å². The maximum Gasteiger partial charge on any atom is 0.277 e. The van der Waals surface area contributed by atoms with Crippen LogP contribution >= 0.6 is 0 Å². The third-order valence-corrected chi connectivity index (χ3v) is 5.78. The van der Waals surface area contributed by atoms with Gasteiger partial charge < -0.3 is 14.5 Å². The number of benzene rings is 1. The molecule has 10 heteroatoms. The molecule has 3 aliphatic heterocycles. The minimum Gasteiger partial charge on any atom is -0.493 e. The fraction of sp³-hybridized carbons (Fsp3) is 0.409. The van der Waals surface area contributed by atoms with Crippen LogP contribution in [0, 0.1) is 0 Å². The number of carbonyl (C=O) groups excluding carboxylic acids is 5. The lowest BCUT2D eigenvalue weighted by atomic mass is 10.0. The average molecular weight is 440 g/mol. The lowest BCUT2D eigenvalue weighted by molar-refractivity contribution is -0.150. The maximum atomic E-state index is 13.0. The van der Waals surface area contributed by atoms with Crippen LogP contribution in [0.3, 0.4) is 0 Å². The molecule has 1 N–H and O–H groups in total. The molecule has 0 spiro atoms. The van der Waals surface area contributed by atoms with Crippen molar-refractivity contribution in [2.75, 3.05) is 32.8 Å². The van der Waals surface area contributed by atoms with E-state index in [-0.39, 0.29) is 24.4 Å².